The molecule has 0 heterocycles. The van der Waals surface area contributed by atoms with Crippen LogP contribution in [0.3, 0.4) is 0 Å². The predicted octanol–water partition coefficient (Wildman–Crippen LogP) is 0.136. The van der Waals surface area contributed by atoms with Crippen LogP contribution < -0.4 is 5.73 Å². The van der Waals surface area contributed by atoms with Crippen LogP contribution in [-0.2, 0) is 4.79 Å². The van der Waals surface area contributed by atoms with Crippen LogP contribution in [-0.4, -0.2) is 22.2 Å². The Hall–Kier alpha value is -1.90. The number of hydrogen-bond donors (Lipinski definition) is 3. The van der Waals surface area contributed by atoms with Crippen LogP contribution in [0.25, 0.3) is 0 Å². The van der Waals surface area contributed by atoms with Gasteiger partial charge in [-0.1, -0.05) is 12.1 Å². The number of carbonyl (C=O) groups excluding carboxylic acids is 1. The van der Waals surface area contributed by atoms with Crippen molar-refractivity contribution in [3.05, 3.63) is 34.9 Å². The fourth-order valence-corrected chi connectivity index (χ4v) is 1.48. The molecule has 0 saturated heterocycles. The van der Waals surface area contributed by atoms with Crippen molar-refractivity contribution in [2.45, 2.75) is 25.6 Å². The van der Waals surface area contributed by atoms with E-state index in [1.54, 1.807) is 19.1 Å². The molecule has 0 fully saturated rings. The van der Waals surface area contributed by atoms with E-state index in [1.165, 1.54) is 6.07 Å². The van der Waals surface area contributed by atoms with Gasteiger partial charge in [-0.2, -0.15) is 5.26 Å². The second-order valence-corrected chi connectivity index (χ2v) is 3.87. The fourth-order valence-electron chi connectivity index (χ4n) is 1.48. The first-order valence-corrected chi connectivity index (χ1v) is 5.10. The first kappa shape index (κ1) is 13.2. The Morgan fingerprint density at radius 1 is 1.53 bits per heavy atom. The average molecular weight is 234 g/mol. The Bertz CT molecular complexity index is 465. The van der Waals surface area contributed by atoms with Gasteiger partial charge in [0, 0.05) is 0 Å². The summed E-state index contributed by atoms with van der Waals surface area (Å²) in [5.74, 6) is -0.691. The predicted molar refractivity (Wildman–Crippen MR) is 60.7 cm³/mol. The maximum atomic E-state index is 10.6. The summed E-state index contributed by atoms with van der Waals surface area (Å²) >= 11 is 0. The number of amides is 1. The van der Waals surface area contributed by atoms with E-state index in [-0.39, 0.29) is 6.42 Å². The molecular weight excluding hydrogens is 220 g/mol. The molecule has 2 unspecified atom stereocenters. The highest BCUT2D eigenvalue weighted by Crippen LogP contribution is 2.21. The normalized spacial score (nSPS) is 13.8. The smallest absolute Gasteiger partial charge is 0.220 e. The summed E-state index contributed by atoms with van der Waals surface area (Å²) in [6.45, 7) is 1.77. The third-order valence-corrected chi connectivity index (χ3v) is 2.50. The van der Waals surface area contributed by atoms with Gasteiger partial charge < -0.3 is 15.9 Å². The van der Waals surface area contributed by atoms with E-state index in [9.17, 15) is 15.0 Å². The van der Waals surface area contributed by atoms with Crippen LogP contribution in [0.5, 0.6) is 0 Å². The van der Waals surface area contributed by atoms with Gasteiger partial charge in [-0.25, -0.2) is 0 Å². The standard InChI is InChI=1S/C12H14N2O3/c1-7-2-3-8(4-9(7)6-13)12(17)10(15)5-11(14)16/h2-4,10,12,15,17H,5H2,1H3,(H2,14,16). The molecule has 0 aliphatic carbocycles. The highest BCUT2D eigenvalue weighted by molar-refractivity contribution is 5.74. The molecule has 1 rings (SSSR count). The summed E-state index contributed by atoms with van der Waals surface area (Å²) in [7, 11) is 0. The number of primary amides is 1. The van der Waals surface area contributed by atoms with Crippen molar-refractivity contribution in [1.82, 2.24) is 0 Å². The van der Waals surface area contributed by atoms with Crippen LogP contribution in [0.2, 0.25) is 0 Å². The quantitative estimate of drug-likeness (QED) is 0.688. The first-order valence-electron chi connectivity index (χ1n) is 5.10. The lowest BCUT2D eigenvalue weighted by Crippen LogP contribution is -2.25. The molecule has 17 heavy (non-hydrogen) atoms. The van der Waals surface area contributed by atoms with Crippen molar-refractivity contribution in [3.63, 3.8) is 0 Å². The molecule has 0 saturated carbocycles. The molecule has 5 nitrogen and oxygen atoms in total. The number of rotatable bonds is 4. The number of carbonyl (C=O) groups is 1. The topological polar surface area (TPSA) is 107 Å². The van der Waals surface area contributed by atoms with Crippen molar-refractivity contribution in [1.29, 1.82) is 5.26 Å². The molecule has 5 heteroatoms. The lowest BCUT2D eigenvalue weighted by Gasteiger charge is -2.17. The number of hydrogen-bond acceptors (Lipinski definition) is 4. The number of aliphatic hydroxyl groups is 2. The molecule has 2 atom stereocenters. The van der Waals surface area contributed by atoms with Crippen LogP contribution in [0, 0.1) is 18.3 Å². The van der Waals surface area contributed by atoms with Crippen LogP contribution in [0.15, 0.2) is 18.2 Å². The molecule has 0 aliphatic heterocycles. The molecule has 0 aliphatic rings. The molecule has 0 bridgehead atoms. The zero-order valence-electron chi connectivity index (χ0n) is 9.42. The molecule has 1 aromatic rings. The van der Waals surface area contributed by atoms with E-state index in [2.05, 4.69) is 0 Å². The van der Waals surface area contributed by atoms with E-state index in [1.807, 2.05) is 6.07 Å². The molecular formula is C12H14N2O3. The summed E-state index contributed by atoms with van der Waals surface area (Å²) in [6.07, 6.45) is -2.81. The summed E-state index contributed by atoms with van der Waals surface area (Å²) in [5, 5.41) is 28.2. The van der Waals surface area contributed by atoms with E-state index in [0.717, 1.165) is 5.56 Å². The van der Waals surface area contributed by atoms with Crippen molar-refractivity contribution >= 4 is 5.91 Å². The maximum Gasteiger partial charge on any atom is 0.220 e. The summed E-state index contributed by atoms with van der Waals surface area (Å²) in [4.78, 5) is 10.6. The highest BCUT2D eigenvalue weighted by Gasteiger charge is 2.20. The van der Waals surface area contributed by atoms with Gasteiger partial charge in [0.25, 0.3) is 0 Å². The number of nitrogens with two attached hydrogens (primary N) is 1. The largest absolute Gasteiger partial charge is 0.390 e. The van der Waals surface area contributed by atoms with Crippen LogP contribution in [0.1, 0.15) is 29.2 Å². The second-order valence-electron chi connectivity index (χ2n) is 3.87. The maximum absolute atomic E-state index is 10.6. The Morgan fingerprint density at radius 2 is 2.18 bits per heavy atom. The van der Waals surface area contributed by atoms with E-state index >= 15 is 0 Å². The van der Waals surface area contributed by atoms with Crippen molar-refractivity contribution in [2.24, 2.45) is 5.73 Å². The van der Waals surface area contributed by atoms with Crippen LogP contribution in [0.4, 0.5) is 0 Å². The second kappa shape index (κ2) is 5.43. The molecule has 90 valence electrons. The van der Waals surface area contributed by atoms with Crippen LogP contribution >= 0.6 is 0 Å². The Kier molecular flexibility index (Phi) is 4.21. The average Bonchev–Trinajstić information content (AvgIpc) is 2.27. The van der Waals surface area contributed by atoms with Gasteiger partial charge in [-0.15, -0.1) is 0 Å². The van der Waals surface area contributed by atoms with Crippen molar-refractivity contribution in [2.75, 3.05) is 0 Å². The van der Waals surface area contributed by atoms with Gasteiger partial charge in [0.2, 0.25) is 5.91 Å². The molecule has 0 aromatic heterocycles. The van der Waals surface area contributed by atoms with Gasteiger partial charge in [0.15, 0.2) is 0 Å². The molecule has 0 radical (unpaired) electrons. The zero-order chi connectivity index (χ0) is 13.0. The highest BCUT2D eigenvalue weighted by atomic mass is 16.3. The zero-order valence-corrected chi connectivity index (χ0v) is 9.42. The Labute approximate surface area is 99.1 Å². The Balaban J connectivity index is 2.93. The third kappa shape index (κ3) is 3.28. The van der Waals surface area contributed by atoms with Gasteiger partial charge in [0.1, 0.15) is 6.10 Å². The lowest BCUT2D eigenvalue weighted by atomic mass is 9.98. The molecule has 0 spiro atoms. The SMILES string of the molecule is Cc1ccc(C(O)C(O)CC(N)=O)cc1C#N. The third-order valence-electron chi connectivity index (χ3n) is 2.50. The lowest BCUT2D eigenvalue weighted by molar-refractivity contribution is -0.121. The fraction of sp³-hybridized carbons (Fsp3) is 0.333. The minimum absolute atomic E-state index is 0.322. The first-order chi connectivity index (χ1) is 7.95. The number of nitriles is 1. The number of benzene rings is 1. The number of aliphatic hydroxyl groups excluding tert-OH is 2. The molecule has 1 amide bonds. The number of aryl methyl sites for hydroxylation is 1. The number of nitrogens with zero attached hydrogens (tertiary/aromatic N) is 1. The molecule has 4 N–H and O–H groups in total. The minimum atomic E-state index is -1.26. The Morgan fingerprint density at radius 3 is 2.71 bits per heavy atom. The van der Waals surface area contributed by atoms with Gasteiger partial charge in [-0.3, -0.25) is 4.79 Å². The van der Waals surface area contributed by atoms with E-state index in [0.29, 0.717) is 11.1 Å². The monoisotopic (exact) mass is 234 g/mol. The van der Waals surface area contributed by atoms with E-state index < -0.39 is 18.1 Å². The summed E-state index contributed by atoms with van der Waals surface area (Å²) in [6, 6.07) is 6.75. The van der Waals surface area contributed by atoms with Crippen molar-refractivity contribution < 1.29 is 15.0 Å². The minimum Gasteiger partial charge on any atom is -0.390 e. The van der Waals surface area contributed by atoms with Gasteiger partial charge in [-0.05, 0) is 24.1 Å². The van der Waals surface area contributed by atoms with Gasteiger partial charge in [0.05, 0.1) is 24.2 Å². The van der Waals surface area contributed by atoms with Gasteiger partial charge >= 0.3 is 0 Å². The summed E-state index contributed by atoms with van der Waals surface area (Å²) in [5.41, 5.74) is 6.53. The van der Waals surface area contributed by atoms with Crippen molar-refractivity contribution in [3.8, 4) is 6.07 Å². The summed E-state index contributed by atoms with van der Waals surface area (Å²) < 4.78 is 0. The van der Waals surface area contributed by atoms with E-state index in [4.69, 9.17) is 11.0 Å². The molecule has 1 aromatic carbocycles.